The minimum Gasteiger partial charge on any atom is -0.325 e. The maximum absolute atomic E-state index is 12.6. The van der Waals surface area contributed by atoms with Gasteiger partial charge in [0, 0.05) is 5.69 Å². The first-order valence-corrected chi connectivity index (χ1v) is 9.89. The second-order valence-corrected chi connectivity index (χ2v) is 8.01. The number of rotatable bonds is 4. The number of hydrogen-bond acceptors (Lipinski definition) is 4. The number of benzene rings is 2. The Hall–Kier alpha value is -2.24. The lowest BCUT2D eigenvalue weighted by Crippen LogP contribution is -2.33. The van der Waals surface area contributed by atoms with E-state index in [0.717, 1.165) is 41.2 Å². The van der Waals surface area contributed by atoms with Crippen LogP contribution in [-0.2, 0) is 4.79 Å². The van der Waals surface area contributed by atoms with Crippen LogP contribution >= 0.6 is 11.3 Å². The predicted octanol–water partition coefficient (Wildman–Crippen LogP) is 4.69. The molecular formula is C21H23N3OS. The summed E-state index contributed by atoms with van der Waals surface area (Å²) in [5, 5.41) is 4.21. The number of aromatic nitrogens is 1. The Balaban J connectivity index is 1.48. The number of nitrogens with zero attached hydrogens (tertiary/aromatic N) is 2. The molecule has 1 N–H and O–H groups in total. The van der Waals surface area contributed by atoms with Gasteiger partial charge in [-0.2, -0.15) is 0 Å². The van der Waals surface area contributed by atoms with Gasteiger partial charge in [0.05, 0.1) is 22.8 Å². The van der Waals surface area contributed by atoms with Gasteiger partial charge in [-0.1, -0.05) is 24.3 Å². The number of carbonyl (C=O) groups excluding carboxylic acids is 1. The molecule has 2 aromatic carbocycles. The number of hydrogen-bond donors (Lipinski definition) is 1. The van der Waals surface area contributed by atoms with Gasteiger partial charge in [-0.3, -0.25) is 9.69 Å². The number of aryl methyl sites for hydroxylation is 1. The lowest BCUT2D eigenvalue weighted by atomic mass is 10.1. The minimum absolute atomic E-state index is 0.0479. The molecular weight excluding hydrogens is 342 g/mol. The summed E-state index contributed by atoms with van der Waals surface area (Å²) in [7, 11) is 0. The summed E-state index contributed by atoms with van der Waals surface area (Å²) in [6.45, 7) is 5.47. The zero-order valence-electron chi connectivity index (χ0n) is 15.2. The van der Waals surface area contributed by atoms with E-state index < -0.39 is 0 Å². The van der Waals surface area contributed by atoms with E-state index in [1.165, 1.54) is 10.3 Å². The Morgan fingerprint density at radius 1 is 1.23 bits per heavy atom. The third-order valence-corrected chi connectivity index (χ3v) is 6.32. The van der Waals surface area contributed by atoms with Gasteiger partial charge in [0.25, 0.3) is 0 Å². The van der Waals surface area contributed by atoms with Crippen LogP contribution in [0.25, 0.3) is 10.2 Å². The van der Waals surface area contributed by atoms with Crippen molar-refractivity contribution in [3.8, 4) is 0 Å². The van der Waals surface area contributed by atoms with E-state index in [0.29, 0.717) is 6.54 Å². The van der Waals surface area contributed by atoms with Gasteiger partial charge in [0.2, 0.25) is 5.91 Å². The minimum atomic E-state index is 0.0479. The molecule has 1 aliphatic heterocycles. The van der Waals surface area contributed by atoms with Crippen molar-refractivity contribution in [3.05, 3.63) is 58.6 Å². The molecule has 134 valence electrons. The Morgan fingerprint density at radius 3 is 2.92 bits per heavy atom. The fourth-order valence-electron chi connectivity index (χ4n) is 3.59. The summed E-state index contributed by atoms with van der Waals surface area (Å²) in [6, 6.07) is 14.5. The Morgan fingerprint density at radius 2 is 2.08 bits per heavy atom. The molecule has 0 spiro atoms. The van der Waals surface area contributed by atoms with Crippen molar-refractivity contribution < 1.29 is 4.79 Å². The summed E-state index contributed by atoms with van der Waals surface area (Å²) in [5.41, 5.74) is 4.28. The number of amides is 1. The monoisotopic (exact) mass is 365 g/mol. The van der Waals surface area contributed by atoms with Crippen LogP contribution in [0.2, 0.25) is 0 Å². The van der Waals surface area contributed by atoms with Crippen molar-refractivity contribution >= 4 is 33.1 Å². The molecule has 1 unspecified atom stereocenters. The lowest BCUT2D eigenvalue weighted by molar-refractivity contribution is -0.117. The molecule has 0 saturated carbocycles. The van der Waals surface area contributed by atoms with Crippen molar-refractivity contribution in [3.63, 3.8) is 0 Å². The van der Waals surface area contributed by atoms with Gasteiger partial charge < -0.3 is 5.32 Å². The maximum atomic E-state index is 12.6. The quantitative estimate of drug-likeness (QED) is 0.729. The number of carbonyl (C=O) groups is 1. The molecule has 1 aromatic heterocycles. The molecule has 3 aromatic rings. The van der Waals surface area contributed by atoms with E-state index in [2.05, 4.69) is 35.3 Å². The van der Waals surface area contributed by atoms with Crippen molar-refractivity contribution in [1.29, 1.82) is 0 Å². The average Bonchev–Trinajstić information content (AvgIpc) is 3.25. The van der Waals surface area contributed by atoms with E-state index in [1.807, 2.05) is 31.2 Å². The fraction of sp³-hybridized carbons (Fsp3) is 0.333. The van der Waals surface area contributed by atoms with E-state index in [1.54, 1.807) is 11.3 Å². The van der Waals surface area contributed by atoms with E-state index >= 15 is 0 Å². The Kier molecular flexibility index (Phi) is 4.74. The molecule has 2 heterocycles. The molecule has 1 fully saturated rings. The summed E-state index contributed by atoms with van der Waals surface area (Å²) in [6.07, 6.45) is 2.17. The van der Waals surface area contributed by atoms with Gasteiger partial charge in [0.15, 0.2) is 0 Å². The number of anilines is 1. The summed E-state index contributed by atoms with van der Waals surface area (Å²) < 4.78 is 1.22. The third-order valence-electron chi connectivity index (χ3n) is 5.18. The van der Waals surface area contributed by atoms with Crippen molar-refractivity contribution in [1.82, 2.24) is 9.88 Å². The molecule has 5 heteroatoms. The lowest BCUT2D eigenvalue weighted by Gasteiger charge is -2.22. The molecule has 0 bridgehead atoms. The van der Waals surface area contributed by atoms with Crippen LogP contribution in [0.4, 0.5) is 5.69 Å². The van der Waals surface area contributed by atoms with Crippen LogP contribution in [0.5, 0.6) is 0 Å². The normalized spacial score (nSPS) is 17.7. The molecule has 26 heavy (non-hydrogen) atoms. The first-order valence-electron chi connectivity index (χ1n) is 9.07. The van der Waals surface area contributed by atoms with E-state index in [4.69, 9.17) is 4.98 Å². The van der Waals surface area contributed by atoms with Crippen LogP contribution in [0, 0.1) is 13.8 Å². The highest BCUT2D eigenvalue weighted by Crippen LogP contribution is 2.36. The highest BCUT2D eigenvalue weighted by Gasteiger charge is 2.30. The second-order valence-electron chi connectivity index (χ2n) is 6.94. The van der Waals surface area contributed by atoms with Crippen molar-refractivity contribution in [2.75, 3.05) is 18.4 Å². The number of thiazole rings is 1. The molecule has 1 amide bonds. The van der Waals surface area contributed by atoms with Crippen molar-refractivity contribution in [2.24, 2.45) is 0 Å². The maximum Gasteiger partial charge on any atom is 0.238 e. The van der Waals surface area contributed by atoms with Crippen LogP contribution in [0.15, 0.2) is 42.5 Å². The molecule has 0 radical (unpaired) electrons. The second kappa shape index (κ2) is 7.17. The predicted molar refractivity (Wildman–Crippen MR) is 108 cm³/mol. The highest BCUT2D eigenvalue weighted by atomic mass is 32.1. The number of nitrogens with one attached hydrogen (secondary N) is 1. The molecule has 4 nitrogen and oxygen atoms in total. The topological polar surface area (TPSA) is 45.2 Å². The largest absolute Gasteiger partial charge is 0.325 e. The standard InChI is InChI=1S/C21H23N3OS/c1-14-7-5-9-16(15(14)2)22-20(25)13-24-12-6-10-18(24)21-23-17-8-3-4-11-19(17)26-21/h3-5,7-9,11,18H,6,10,12-13H2,1-2H3,(H,22,25). The smallest absolute Gasteiger partial charge is 0.238 e. The van der Waals surface area contributed by atoms with Crippen LogP contribution in [0.1, 0.15) is 35.0 Å². The van der Waals surface area contributed by atoms with Gasteiger partial charge in [0.1, 0.15) is 5.01 Å². The third kappa shape index (κ3) is 3.37. The molecule has 0 aliphatic carbocycles. The number of fused-ring (bicyclic) bond motifs is 1. The Bertz CT molecular complexity index is 916. The molecule has 1 aliphatic rings. The average molecular weight is 366 g/mol. The SMILES string of the molecule is Cc1cccc(NC(=O)CN2CCCC2c2nc3ccccc3s2)c1C. The van der Waals surface area contributed by atoms with E-state index in [9.17, 15) is 4.79 Å². The zero-order chi connectivity index (χ0) is 18.1. The first kappa shape index (κ1) is 17.2. The van der Waals surface area contributed by atoms with Gasteiger partial charge in [-0.05, 0) is 62.6 Å². The van der Waals surface area contributed by atoms with Gasteiger partial charge >= 0.3 is 0 Å². The highest BCUT2D eigenvalue weighted by molar-refractivity contribution is 7.18. The fourth-order valence-corrected chi connectivity index (χ4v) is 4.73. The summed E-state index contributed by atoms with van der Waals surface area (Å²) >= 11 is 1.75. The van der Waals surface area contributed by atoms with Crippen LogP contribution < -0.4 is 5.32 Å². The first-order chi connectivity index (χ1) is 12.6. The van der Waals surface area contributed by atoms with Crippen LogP contribution in [0.3, 0.4) is 0 Å². The Labute approximate surface area is 157 Å². The number of para-hydroxylation sites is 1. The molecule has 4 rings (SSSR count). The van der Waals surface area contributed by atoms with Crippen molar-refractivity contribution in [2.45, 2.75) is 32.7 Å². The van der Waals surface area contributed by atoms with Gasteiger partial charge in [-0.25, -0.2) is 4.98 Å². The molecule has 1 atom stereocenters. The zero-order valence-corrected chi connectivity index (χ0v) is 16.0. The summed E-state index contributed by atoms with van der Waals surface area (Å²) in [4.78, 5) is 19.7. The van der Waals surface area contributed by atoms with Gasteiger partial charge in [-0.15, -0.1) is 11.3 Å². The van der Waals surface area contributed by atoms with E-state index in [-0.39, 0.29) is 11.9 Å². The molecule has 1 saturated heterocycles. The summed E-state index contributed by atoms with van der Waals surface area (Å²) in [5.74, 6) is 0.0479. The number of likely N-dealkylation sites (tertiary alicyclic amines) is 1. The van der Waals surface area contributed by atoms with Crippen LogP contribution in [-0.4, -0.2) is 28.9 Å².